The molecule has 3 rings (SSSR count). The Morgan fingerprint density at radius 1 is 1.21 bits per heavy atom. The van der Waals surface area contributed by atoms with E-state index < -0.39 is 10.5 Å². The van der Waals surface area contributed by atoms with Crippen LogP contribution in [0.4, 0.5) is 17.1 Å². The summed E-state index contributed by atoms with van der Waals surface area (Å²) in [4.78, 5) is 25.7. The number of nitro groups is 1. The van der Waals surface area contributed by atoms with Crippen LogP contribution in [0, 0.1) is 10.1 Å². The van der Waals surface area contributed by atoms with Gasteiger partial charge in [-0.2, -0.15) is 0 Å². The lowest BCUT2D eigenvalue weighted by Crippen LogP contribution is -2.42. The summed E-state index contributed by atoms with van der Waals surface area (Å²) in [6, 6.07) is 11.2. The third kappa shape index (κ3) is 5.16. The van der Waals surface area contributed by atoms with Crippen LogP contribution >= 0.6 is 11.6 Å². The van der Waals surface area contributed by atoms with E-state index in [0.717, 1.165) is 0 Å². The van der Waals surface area contributed by atoms with E-state index in [0.29, 0.717) is 48.5 Å². The monoisotopic (exact) mass is 419 g/mol. The number of anilines is 2. The molecule has 1 aliphatic rings. The van der Waals surface area contributed by atoms with Crippen LogP contribution in [0.1, 0.15) is 13.8 Å². The topological polar surface area (TPSA) is 93.9 Å². The number of halogens is 1. The first kappa shape index (κ1) is 20.9. The van der Waals surface area contributed by atoms with Crippen molar-refractivity contribution in [1.82, 2.24) is 0 Å². The van der Waals surface area contributed by atoms with Crippen LogP contribution < -0.4 is 15.0 Å². The molecule has 1 fully saturated rings. The van der Waals surface area contributed by atoms with E-state index in [4.69, 9.17) is 21.1 Å². The van der Waals surface area contributed by atoms with E-state index in [1.165, 1.54) is 12.1 Å². The molecular formula is C20H22ClN3O5. The smallest absolute Gasteiger partial charge is 0.292 e. The third-order valence-electron chi connectivity index (χ3n) is 4.52. The van der Waals surface area contributed by atoms with Crippen molar-refractivity contribution >= 4 is 34.6 Å². The molecule has 2 aromatic rings. The maximum Gasteiger partial charge on any atom is 0.292 e. The van der Waals surface area contributed by atoms with Gasteiger partial charge in [0.05, 0.1) is 18.1 Å². The van der Waals surface area contributed by atoms with Crippen molar-refractivity contribution in [2.75, 3.05) is 36.5 Å². The van der Waals surface area contributed by atoms with Crippen LogP contribution in [0.3, 0.4) is 0 Å². The molecule has 154 valence electrons. The number of nitrogens with one attached hydrogen (secondary N) is 1. The summed E-state index contributed by atoms with van der Waals surface area (Å²) in [6.45, 7) is 5.37. The van der Waals surface area contributed by atoms with E-state index in [9.17, 15) is 14.9 Å². The van der Waals surface area contributed by atoms with Gasteiger partial charge >= 0.3 is 0 Å². The average molecular weight is 420 g/mol. The summed E-state index contributed by atoms with van der Waals surface area (Å²) in [7, 11) is 0. The van der Waals surface area contributed by atoms with Crippen molar-refractivity contribution < 1.29 is 19.2 Å². The zero-order valence-corrected chi connectivity index (χ0v) is 16.9. The number of nitrogens with zero attached hydrogens (tertiary/aromatic N) is 2. The molecular weight excluding hydrogens is 398 g/mol. The lowest BCUT2D eigenvalue weighted by molar-refractivity contribution is -0.384. The van der Waals surface area contributed by atoms with Crippen molar-refractivity contribution in [3.63, 3.8) is 0 Å². The van der Waals surface area contributed by atoms with Gasteiger partial charge in [-0.05, 0) is 50.2 Å². The van der Waals surface area contributed by atoms with Crippen molar-refractivity contribution in [2.45, 2.75) is 19.4 Å². The summed E-state index contributed by atoms with van der Waals surface area (Å²) >= 11 is 5.87. The van der Waals surface area contributed by atoms with Gasteiger partial charge in [0.1, 0.15) is 11.4 Å². The van der Waals surface area contributed by atoms with Gasteiger partial charge in [0.25, 0.3) is 11.6 Å². The van der Waals surface area contributed by atoms with Crippen LogP contribution in [0.2, 0.25) is 5.02 Å². The molecule has 0 saturated carbocycles. The molecule has 0 aliphatic carbocycles. The summed E-state index contributed by atoms with van der Waals surface area (Å²) in [5, 5.41) is 14.8. The maximum atomic E-state index is 12.8. The van der Waals surface area contributed by atoms with Crippen LogP contribution in [0.15, 0.2) is 42.5 Å². The molecule has 1 N–H and O–H groups in total. The highest BCUT2D eigenvalue weighted by atomic mass is 35.5. The summed E-state index contributed by atoms with van der Waals surface area (Å²) in [5.74, 6) is 0.126. The van der Waals surface area contributed by atoms with Gasteiger partial charge in [-0.1, -0.05) is 11.6 Å². The van der Waals surface area contributed by atoms with Gasteiger partial charge in [0.2, 0.25) is 0 Å². The van der Waals surface area contributed by atoms with Crippen molar-refractivity contribution in [2.24, 2.45) is 0 Å². The molecule has 29 heavy (non-hydrogen) atoms. The fraction of sp³-hybridized carbons (Fsp3) is 0.350. The fourth-order valence-electron chi connectivity index (χ4n) is 2.94. The Kier molecular flexibility index (Phi) is 6.24. The first-order valence-corrected chi connectivity index (χ1v) is 9.51. The number of hydrogen-bond acceptors (Lipinski definition) is 6. The van der Waals surface area contributed by atoms with E-state index in [-0.39, 0.29) is 11.6 Å². The molecule has 0 spiro atoms. The number of hydrogen-bond donors (Lipinski definition) is 1. The number of rotatable bonds is 6. The Hall–Kier alpha value is -2.84. The molecule has 2 aromatic carbocycles. The molecule has 1 saturated heterocycles. The highest BCUT2D eigenvalue weighted by molar-refractivity contribution is 6.30. The second-order valence-electron chi connectivity index (χ2n) is 7.08. The van der Waals surface area contributed by atoms with Crippen LogP contribution in [-0.4, -0.2) is 42.7 Å². The average Bonchev–Trinajstić information content (AvgIpc) is 2.70. The minimum Gasteiger partial charge on any atom is -0.478 e. The Labute approximate surface area is 173 Å². The van der Waals surface area contributed by atoms with E-state index in [2.05, 4.69) is 5.32 Å². The highest BCUT2D eigenvalue weighted by Crippen LogP contribution is 2.32. The summed E-state index contributed by atoms with van der Waals surface area (Å²) in [5.41, 5.74) is -0.279. The second kappa shape index (κ2) is 8.67. The largest absolute Gasteiger partial charge is 0.478 e. The molecule has 9 heteroatoms. The van der Waals surface area contributed by atoms with E-state index in [1.807, 2.05) is 4.90 Å². The minimum absolute atomic E-state index is 0.0124. The predicted molar refractivity (Wildman–Crippen MR) is 111 cm³/mol. The zero-order chi connectivity index (χ0) is 21.0. The van der Waals surface area contributed by atoms with Crippen LogP contribution in [0.25, 0.3) is 0 Å². The highest BCUT2D eigenvalue weighted by Gasteiger charge is 2.31. The molecule has 0 unspecified atom stereocenters. The number of benzene rings is 2. The van der Waals surface area contributed by atoms with E-state index in [1.54, 1.807) is 44.2 Å². The number of carbonyl (C=O) groups is 1. The van der Waals surface area contributed by atoms with Gasteiger partial charge in [-0.3, -0.25) is 14.9 Å². The molecule has 0 aromatic heterocycles. The molecule has 1 aliphatic heterocycles. The SMILES string of the molecule is CC(C)(Oc1ccc(Cl)cc1)C(=O)Nc1ccc([N+](=O)[O-])c(N2CCOCC2)c1. The lowest BCUT2D eigenvalue weighted by Gasteiger charge is -2.29. The maximum absolute atomic E-state index is 12.8. The predicted octanol–water partition coefficient (Wildman–Crippen LogP) is 3.88. The molecule has 1 heterocycles. The van der Waals surface area contributed by atoms with Gasteiger partial charge in [0.15, 0.2) is 5.60 Å². The summed E-state index contributed by atoms with van der Waals surface area (Å²) < 4.78 is 11.1. The van der Waals surface area contributed by atoms with E-state index >= 15 is 0 Å². The minimum atomic E-state index is -1.17. The molecule has 0 bridgehead atoms. The van der Waals surface area contributed by atoms with Crippen LogP contribution in [0.5, 0.6) is 5.75 Å². The number of morpholine rings is 1. The number of amides is 1. The lowest BCUT2D eigenvalue weighted by atomic mass is 10.1. The fourth-order valence-corrected chi connectivity index (χ4v) is 3.06. The molecule has 0 radical (unpaired) electrons. The van der Waals surface area contributed by atoms with Crippen molar-refractivity contribution in [3.05, 3.63) is 57.6 Å². The van der Waals surface area contributed by atoms with Gasteiger partial charge < -0.3 is 19.7 Å². The normalized spacial score (nSPS) is 14.4. The van der Waals surface area contributed by atoms with Crippen LogP contribution in [-0.2, 0) is 9.53 Å². The first-order chi connectivity index (χ1) is 13.8. The van der Waals surface area contributed by atoms with Crippen molar-refractivity contribution in [3.8, 4) is 5.75 Å². The molecule has 0 atom stereocenters. The second-order valence-corrected chi connectivity index (χ2v) is 7.52. The van der Waals surface area contributed by atoms with Gasteiger partial charge in [-0.15, -0.1) is 0 Å². The van der Waals surface area contributed by atoms with Crippen molar-refractivity contribution in [1.29, 1.82) is 0 Å². The Balaban J connectivity index is 1.78. The number of ether oxygens (including phenoxy) is 2. The third-order valence-corrected chi connectivity index (χ3v) is 4.77. The zero-order valence-electron chi connectivity index (χ0n) is 16.2. The number of carbonyl (C=O) groups excluding carboxylic acids is 1. The van der Waals surface area contributed by atoms with Gasteiger partial charge in [0, 0.05) is 29.9 Å². The Morgan fingerprint density at radius 2 is 1.86 bits per heavy atom. The van der Waals surface area contributed by atoms with Gasteiger partial charge in [-0.25, -0.2) is 0 Å². The Bertz CT molecular complexity index is 895. The first-order valence-electron chi connectivity index (χ1n) is 9.13. The quantitative estimate of drug-likeness (QED) is 0.564. The molecule has 1 amide bonds. The Morgan fingerprint density at radius 3 is 2.48 bits per heavy atom. The molecule has 8 nitrogen and oxygen atoms in total. The standard InChI is InChI=1S/C20H22ClN3O5/c1-20(2,29-16-6-3-14(21)4-7-16)19(25)22-15-5-8-17(24(26)27)18(13-15)23-9-11-28-12-10-23/h3-8,13H,9-12H2,1-2H3,(H,22,25). The number of nitro benzene ring substituents is 1. The summed E-state index contributed by atoms with van der Waals surface area (Å²) in [6.07, 6.45) is 0.